The Morgan fingerprint density at radius 2 is 1.76 bits per heavy atom. The highest BCUT2D eigenvalue weighted by molar-refractivity contribution is 5.96. The summed E-state index contributed by atoms with van der Waals surface area (Å²) in [6.45, 7) is 2.12. The van der Waals surface area contributed by atoms with E-state index >= 15 is 0 Å². The summed E-state index contributed by atoms with van der Waals surface area (Å²) in [6, 6.07) is 25.3. The number of aromatic nitrogens is 5. The third-order valence-corrected chi connectivity index (χ3v) is 6.82. The van der Waals surface area contributed by atoms with Crippen molar-refractivity contribution in [2.45, 2.75) is 19.3 Å². The van der Waals surface area contributed by atoms with E-state index in [1.54, 1.807) is 31.9 Å². The zero-order valence-corrected chi connectivity index (χ0v) is 21.1. The molecular formula is C31H25N5O2. The average molecular weight is 500 g/mol. The SMILES string of the molecule is COc1ccc(-c2cccc3cc([C@H](C)Cc4ncnc5cccnc45)n(-c4ccccc4)c(=O)c23)cn1. The number of para-hydroxylation sites is 1. The molecule has 0 unspecified atom stereocenters. The number of benzene rings is 2. The Kier molecular flexibility index (Phi) is 6.09. The van der Waals surface area contributed by atoms with E-state index in [2.05, 4.69) is 32.9 Å². The first-order valence-electron chi connectivity index (χ1n) is 12.4. The van der Waals surface area contributed by atoms with Crippen molar-refractivity contribution < 1.29 is 4.74 Å². The number of fused-ring (bicyclic) bond motifs is 2. The Morgan fingerprint density at radius 1 is 0.895 bits per heavy atom. The van der Waals surface area contributed by atoms with Crippen LogP contribution in [0.5, 0.6) is 5.88 Å². The molecule has 7 nitrogen and oxygen atoms in total. The van der Waals surface area contributed by atoms with Crippen LogP contribution >= 0.6 is 0 Å². The van der Waals surface area contributed by atoms with Crippen molar-refractivity contribution in [3.05, 3.63) is 119 Å². The van der Waals surface area contributed by atoms with Crippen molar-refractivity contribution in [1.82, 2.24) is 24.5 Å². The molecule has 7 heteroatoms. The van der Waals surface area contributed by atoms with Crippen LogP contribution in [0.25, 0.3) is 38.6 Å². The van der Waals surface area contributed by atoms with Gasteiger partial charge in [-0.05, 0) is 47.3 Å². The van der Waals surface area contributed by atoms with Gasteiger partial charge in [0.2, 0.25) is 5.88 Å². The van der Waals surface area contributed by atoms with Crippen LogP contribution < -0.4 is 10.3 Å². The van der Waals surface area contributed by atoms with E-state index in [4.69, 9.17) is 4.74 Å². The molecule has 4 aromatic heterocycles. The molecule has 38 heavy (non-hydrogen) atoms. The fourth-order valence-electron chi connectivity index (χ4n) is 4.98. The van der Waals surface area contributed by atoms with E-state index in [1.165, 1.54) is 0 Å². The lowest BCUT2D eigenvalue weighted by atomic mass is 9.95. The van der Waals surface area contributed by atoms with Crippen molar-refractivity contribution in [3.63, 3.8) is 0 Å². The summed E-state index contributed by atoms with van der Waals surface area (Å²) in [6.07, 6.45) is 5.68. The predicted octanol–water partition coefficient (Wildman–Crippen LogP) is 5.75. The zero-order valence-electron chi connectivity index (χ0n) is 21.1. The smallest absolute Gasteiger partial charge is 0.263 e. The Balaban J connectivity index is 1.55. The van der Waals surface area contributed by atoms with Crippen LogP contribution in [0.4, 0.5) is 0 Å². The van der Waals surface area contributed by atoms with Crippen molar-refractivity contribution >= 4 is 21.8 Å². The number of rotatable bonds is 6. The van der Waals surface area contributed by atoms with Crippen molar-refractivity contribution in [2.24, 2.45) is 0 Å². The summed E-state index contributed by atoms with van der Waals surface area (Å²) in [5.41, 5.74) is 5.77. The minimum Gasteiger partial charge on any atom is -0.481 e. The molecule has 0 saturated heterocycles. The Hall–Kier alpha value is -4.91. The maximum atomic E-state index is 14.3. The lowest BCUT2D eigenvalue weighted by Crippen LogP contribution is -2.24. The Morgan fingerprint density at radius 3 is 2.55 bits per heavy atom. The highest BCUT2D eigenvalue weighted by Crippen LogP contribution is 2.31. The van der Waals surface area contributed by atoms with Gasteiger partial charge in [0.05, 0.1) is 23.7 Å². The molecule has 0 fully saturated rings. The summed E-state index contributed by atoms with van der Waals surface area (Å²) >= 11 is 0. The van der Waals surface area contributed by atoms with E-state index in [0.717, 1.165) is 44.6 Å². The summed E-state index contributed by atoms with van der Waals surface area (Å²) < 4.78 is 7.04. The molecule has 0 N–H and O–H groups in total. The molecule has 0 spiro atoms. The highest BCUT2D eigenvalue weighted by atomic mass is 16.5. The molecule has 2 aromatic carbocycles. The summed E-state index contributed by atoms with van der Waals surface area (Å²) in [7, 11) is 1.58. The zero-order chi connectivity index (χ0) is 26.1. The van der Waals surface area contributed by atoms with Gasteiger partial charge in [-0.2, -0.15) is 0 Å². The second kappa shape index (κ2) is 9.86. The molecule has 186 valence electrons. The van der Waals surface area contributed by atoms with Gasteiger partial charge in [-0.3, -0.25) is 14.3 Å². The summed E-state index contributed by atoms with van der Waals surface area (Å²) in [4.78, 5) is 32.1. The predicted molar refractivity (Wildman–Crippen MR) is 149 cm³/mol. The molecule has 0 aliphatic rings. The summed E-state index contributed by atoms with van der Waals surface area (Å²) in [5.74, 6) is 0.497. The second-order valence-electron chi connectivity index (χ2n) is 9.20. The first-order chi connectivity index (χ1) is 18.6. The Labute approximate surface area is 219 Å². The largest absolute Gasteiger partial charge is 0.481 e. The number of nitrogens with zero attached hydrogens (tertiary/aromatic N) is 5. The van der Waals surface area contributed by atoms with E-state index < -0.39 is 0 Å². The van der Waals surface area contributed by atoms with Gasteiger partial charge >= 0.3 is 0 Å². The molecule has 6 aromatic rings. The van der Waals surface area contributed by atoms with Crippen LogP contribution in [0.15, 0.2) is 102 Å². The monoisotopic (exact) mass is 499 g/mol. The number of hydrogen-bond acceptors (Lipinski definition) is 6. The Bertz CT molecular complexity index is 1810. The van der Waals surface area contributed by atoms with Gasteiger partial charge < -0.3 is 4.74 Å². The van der Waals surface area contributed by atoms with Gasteiger partial charge in [-0.25, -0.2) is 15.0 Å². The van der Waals surface area contributed by atoms with E-state index in [0.29, 0.717) is 17.7 Å². The van der Waals surface area contributed by atoms with Crippen molar-refractivity contribution in [1.29, 1.82) is 0 Å². The van der Waals surface area contributed by atoms with E-state index in [9.17, 15) is 4.79 Å². The minimum absolute atomic E-state index is 0.0290. The molecule has 4 heterocycles. The van der Waals surface area contributed by atoms with Crippen LogP contribution in [0.3, 0.4) is 0 Å². The third-order valence-electron chi connectivity index (χ3n) is 6.82. The standard InChI is InChI=1S/C31H25N5O2/c1-20(16-26-30-25(34-19-35-26)12-7-15-32-30)27-17-21-8-6-11-24(22-13-14-28(38-2)33-18-22)29(21)31(37)36(27)23-9-4-3-5-10-23/h3-15,17-20H,16H2,1-2H3/t20-/m1/s1. The van der Waals surface area contributed by atoms with Gasteiger partial charge in [0.1, 0.15) is 11.8 Å². The van der Waals surface area contributed by atoms with Crippen LogP contribution in [0.2, 0.25) is 0 Å². The number of pyridine rings is 3. The van der Waals surface area contributed by atoms with Gasteiger partial charge in [0.15, 0.2) is 0 Å². The average Bonchev–Trinajstić information content (AvgIpc) is 2.97. The van der Waals surface area contributed by atoms with Crippen LogP contribution in [0, 0.1) is 0 Å². The fraction of sp³-hybridized carbons (Fsp3) is 0.129. The fourth-order valence-corrected chi connectivity index (χ4v) is 4.98. The van der Waals surface area contributed by atoms with Crippen LogP contribution in [-0.2, 0) is 6.42 Å². The van der Waals surface area contributed by atoms with E-state index in [1.807, 2.05) is 71.3 Å². The number of methoxy groups -OCH3 is 1. The quantitative estimate of drug-likeness (QED) is 0.290. The third kappa shape index (κ3) is 4.18. The van der Waals surface area contributed by atoms with Gasteiger partial charge in [-0.15, -0.1) is 0 Å². The minimum atomic E-state index is -0.0763. The van der Waals surface area contributed by atoms with Gasteiger partial charge in [0.25, 0.3) is 5.56 Å². The summed E-state index contributed by atoms with van der Waals surface area (Å²) in [5, 5.41) is 1.52. The second-order valence-corrected chi connectivity index (χ2v) is 9.20. The highest BCUT2D eigenvalue weighted by Gasteiger charge is 2.20. The maximum Gasteiger partial charge on any atom is 0.263 e. The molecular weight excluding hydrogens is 474 g/mol. The molecule has 0 aliphatic heterocycles. The lowest BCUT2D eigenvalue weighted by Gasteiger charge is -2.21. The van der Waals surface area contributed by atoms with Gasteiger partial charge in [-0.1, -0.05) is 43.3 Å². The maximum absolute atomic E-state index is 14.3. The molecule has 6 rings (SSSR count). The van der Waals surface area contributed by atoms with E-state index in [-0.39, 0.29) is 11.5 Å². The molecule has 0 amide bonds. The van der Waals surface area contributed by atoms with Gasteiger partial charge in [0, 0.05) is 47.7 Å². The van der Waals surface area contributed by atoms with Crippen molar-refractivity contribution in [3.8, 4) is 22.7 Å². The van der Waals surface area contributed by atoms with Crippen LogP contribution in [0.1, 0.15) is 24.2 Å². The molecule has 1 atom stereocenters. The molecule has 0 aliphatic carbocycles. The first-order valence-corrected chi connectivity index (χ1v) is 12.4. The number of ether oxygens (including phenoxy) is 1. The molecule has 0 saturated carbocycles. The lowest BCUT2D eigenvalue weighted by molar-refractivity contribution is 0.398. The number of hydrogen-bond donors (Lipinski definition) is 0. The normalized spacial score (nSPS) is 12.1. The first kappa shape index (κ1) is 23.5. The topological polar surface area (TPSA) is 82.8 Å². The van der Waals surface area contributed by atoms with Crippen molar-refractivity contribution in [2.75, 3.05) is 7.11 Å². The van der Waals surface area contributed by atoms with Crippen LogP contribution in [-0.4, -0.2) is 31.6 Å². The molecule has 0 radical (unpaired) electrons. The molecule has 0 bridgehead atoms.